The van der Waals surface area contributed by atoms with Gasteiger partial charge in [0.25, 0.3) is 0 Å². The number of carbonyl (C=O) groups is 1. The van der Waals surface area contributed by atoms with E-state index < -0.39 is 16.1 Å². The minimum atomic E-state index is -3.72. The Bertz CT molecular complexity index is 509. The summed E-state index contributed by atoms with van der Waals surface area (Å²) in [6.07, 6.45) is 2.01. The van der Waals surface area contributed by atoms with Gasteiger partial charge < -0.3 is 5.32 Å². The summed E-state index contributed by atoms with van der Waals surface area (Å²) in [5.41, 5.74) is 0.434. The lowest BCUT2D eigenvalue weighted by Gasteiger charge is -2.13. The third-order valence-corrected chi connectivity index (χ3v) is 4.00. The van der Waals surface area contributed by atoms with Crippen LogP contribution in [0.4, 0.5) is 0 Å². The predicted molar refractivity (Wildman–Crippen MR) is 66.4 cm³/mol. The summed E-state index contributed by atoms with van der Waals surface area (Å²) in [7, 11) is -3.72. The molecule has 1 atom stereocenters. The number of sulfonamides is 1. The van der Waals surface area contributed by atoms with Crippen LogP contribution in [0.15, 0.2) is 11.1 Å². The number of nitrogens with one attached hydrogen (secondary N) is 3. The van der Waals surface area contributed by atoms with Crippen LogP contribution in [-0.2, 0) is 14.8 Å². The quantitative estimate of drug-likeness (QED) is 0.674. The molecule has 1 aromatic rings. The molecule has 1 rings (SSSR count). The molecule has 1 aromatic heterocycles. The lowest BCUT2D eigenvalue weighted by atomic mass is 10.3. The Balaban J connectivity index is 2.72. The molecule has 0 bridgehead atoms. The molecule has 0 spiro atoms. The van der Waals surface area contributed by atoms with E-state index in [1.165, 1.54) is 13.1 Å². The van der Waals surface area contributed by atoms with Crippen LogP contribution in [0.25, 0.3) is 0 Å². The third kappa shape index (κ3) is 3.54. The normalized spacial score (nSPS) is 13.3. The summed E-state index contributed by atoms with van der Waals surface area (Å²) >= 11 is 0. The number of carbonyl (C=O) groups excluding carboxylic acids is 1. The molecule has 0 fully saturated rings. The van der Waals surface area contributed by atoms with Crippen molar-refractivity contribution in [3.63, 3.8) is 0 Å². The van der Waals surface area contributed by atoms with E-state index in [0.29, 0.717) is 12.2 Å². The fourth-order valence-corrected chi connectivity index (χ4v) is 2.70. The van der Waals surface area contributed by atoms with E-state index in [0.717, 1.165) is 6.42 Å². The minimum Gasteiger partial charge on any atom is -0.355 e. The predicted octanol–water partition coefficient (Wildman–Crippen LogP) is -0.0889. The van der Waals surface area contributed by atoms with Gasteiger partial charge >= 0.3 is 0 Å². The van der Waals surface area contributed by atoms with E-state index >= 15 is 0 Å². The van der Waals surface area contributed by atoms with Crippen LogP contribution in [0.1, 0.15) is 26.0 Å². The molecule has 0 aromatic carbocycles. The average molecular weight is 274 g/mol. The number of amides is 1. The van der Waals surface area contributed by atoms with Crippen molar-refractivity contribution < 1.29 is 13.2 Å². The van der Waals surface area contributed by atoms with E-state index in [4.69, 9.17) is 0 Å². The number of rotatable bonds is 6. The molecule has 0 radical (unpaired) electrons. The van der Waals surface area contributed by atoms with Crippen LogP contribution in [-0.4, -0.2) is 37.1 Å². The second-order valence-corrected chi connectivity index (χ2v) is 5.68. The SMILES string of the molecule is CCCNC(=O)C(C)NS(=O)(=O)c1cn[nH]c1C. The lowest BCUT2D eigenvalue weighted by molar-refractivity contribution is -0.122. The molecule has 102 valence electrons. The van der Waals surface area contributed by atoms with Crippen LogP contribution in [0.2, 0.25) is 0 Å². The summed E-state index contributed by atoms with van der Waals surface area (Å²) in [6.45, 7) is 5.54. The van der Waals surface area contributed by atoms with Crippen molar-refractivity contribution in [3.8, 4) is 0 Å². The summed E-state index contributed by atoms with van der Waals surface area (Å²) in [4.78, 5) is 11.6. The molecule has 0 aliphatic carbocycles. The van der Waals surface area contributed by atoms with Crippen LogP contribution in [0.3, 0.4) is 0 Å². The number of aryl methyl sites for hydroxylation is 1. The molecule has 18 heavy (non-hydrogen) atoms. The lowest BCUT2D eigenvalue weighted by Crippen LogP contribution is -2.44. The maximum atomic E-state index is 12.0. The smallest absolute Gasteiger partial charge is 0.244 e. The van der Waals surface area contributed by atoms with Crippen LogP contribution < -0.4 is 10.0 Å². The first kappa shape index (κ1) is 14.7. The fourth-order valence-electron chi connectivity index (χ4n) is 1.36. The molecule has 8 heteroatoms. The number of hydrogen-bond acceptors (Lipinski definition) is 4. The van der Waals surface area contributed by atoms with E-state index in [1.54, 1.807) is 6.92 Å². The monoisotopic (exact) mass is 274 g/mol. The highest BCUT2D eigenvalue weighted by Crippen LogP contribution is 2.11. The maximum Gasteiger partial charge on any atom is 0.244 e. The van der Waals surface area contributed by atoms with Gasteiger partial charge in [-0.15, -0.1) is 0 Å². The van der Waals surface area contributed by atoms with Crippen molar-refractivity contribution in [1.82, 2.24) is 20.2 Å². The summed E-state index contributed by atoms with van der Waals surface area (Å²) in [5.74, 6) is -0.346. The topological polar surface area (TPSA) is 104 Å². The molecule has 3 N–H and O–H groups in total. The Labute approximate surface area is 106 Å². The van der Waals surface area contributed by atoms with Crippen molar-refractivity contribution in [2.24, 2.45) is 0 Å². The zero-order chi connectivity index (χ0) is 13.8. The van der Waals surface area contributed by atoms with Gasteiger partial charge in [-0.25, -0.2) is 8.42 Å². The largest absolute Gasteiger partial charge is 0.355 e. The Morgan fingerprint density at radius 2 is 2.22 bits per heavy atom. The van der Waals surface area contributed by atoms with Gasteiger partial charge in [0.05, 0.1) is 17.9 Å². The Morgan fingerprint density at radius 3 is 2.72 bits per heavy atom. The van der Waals surface area contributed by atoms with Crippen molar-refractivity contribution in [3.05, 3.63) is 11.9 Å². The third-order valence-electron chi connectivity index (χ3n) is 2.35. The van der Waals surface area contributed by atoms with Gasteiger partial charge in [0.15, 0.2) is 0 Å². The highest BCUT2D eigenvalue weighted by Gasteiger charge is 2.24. The van der Waals surface area contributed by atoms with Crippen LogP contribution in [0.5, 0.6) is 0 Å². The summed E-state index contributed by atoms with van der Waals surface area (Å²) in [6, 6.07) is -0.823. The van der Waals surface area contributed by atoms with Gasteiger partial charge in [0, 0.05) is 6.54 Å². The van der Waals surface area contributed by atoms with Gasteiger partial charge in [-0.3, -0.25) is 9.89 Å². The zero-order valence-electron chi connectivity index (χ0n) is 10.6. The number of aromatic nitrogens is 2. The molecule has 1 heterocycles. The summed E-state index contributed by atoms with van der Waals surface area (Å²) in [5, 5.41) is 8.81. The molecular formula is C10H18N4O3S. The number of H-pyrrole nitrogens is 1. The van der Waals surface area contributed by atoms with Crippen LogP contribution in [0, 0.1) is 6.92 Å². The number of hydrogen-bond donors (Lipinski definition) is 3. The molecule has 0 aliphatic rings. The second kappa shape index (κ2) is 5.96. The fraction of sp³-hybridized carbons (Fsp3) is 0.600. The Morgan fingerprint density at radius 1 is 1.56 bits per heavy atom. The first-order valence-corrected chi connectivity index (χ1v) is 7.16. The van der Waals surface area contributed by atoms with Gasteiger partial charge in [-0.1, -0.05) is 6.92 Å². The van der Waals surface area contributed by atoms with E-state index in [9.17, 15) is 13.2 Å². The molecule has 0 aliphatic heterocycles. The van der Waals surface area contributed by atoms with Gasteiger partial charge in [-0.2, -0.15) is 9.82 Å². The first-order chi connectivity index (χ1) is 8.38. The van der Waals surface area contributed by atoms with Gasteiger partial charge in [0.2, 0.25) is 15.9 Å². The highest BCUT2D eigenvalue weighted by molar-refractivity contribution is 7.89. The minimum absolute atomic E-state index is 0.0534. The standard InChI is InChI=1S/C10H18N4O3S/c1-4-5-11-10(15)8(3)14-18(16,17)9-6-12-13-7(9)2/h6,8,14H,4-5H2,1-3H3,(H,11,15)(H,12,13). The molecule has 0 saturated heterocycles. The zero-order valence-corrected chi connectivity index (χ0v) is 11.5. The maximum absolute atomic E-state index is 12.0. The first-order valence-electron chi connectivity index (χ1n) is 5.68. The van der Waals surface area contributed by atoms with Crippen molar-refractivity contribution in [1.29, 1.82) is 0 Å². The van der Waals surface area contributed by atoms with Gasteiger partial charge in [-0.05, 0) is 20.3 Å². The Hall–Kier alpha value is -1.41. The summed E-state index contributed by atoms with van der Waals surface area (Å²) < 4.78 is 26.2. The van der Waals surface area contributed by atoms with E-state index in [2.05, 4.69) is 20.2 Å². The molecular weight excluding hydrogens is 256 g/mol. The van der Waals surface area contributed by atoms with Crippen molar-refractivity contribution in [2.45, 2.75) is 38.1 Å². The number of nitrogens with zero attached hydrogens (tertiary/aromatic N) is 1. The van der Waals surface area contributed by atoms with Gasteiger partial charge in [0.1, 0.15) is 4.90 Å². The molecule has 1 unspecified atom stereocenters. The van der Waals surface area contributed by atoms with Crippen LogP contribution >= 0.6 is 0 Å². The Kier molecular flexibility index (Phi) is 4.85. The van der Waals surface area contributed by atoms with Crippen molar-refractivity contribution >= 4 is 15.9 Å². The molecule has 7 nitrogen and oxygen atoms in total. The second-order valence-electron chi connectivity index (χ2n) is 3.99. The van der Waals surface area contributed by atoms with Crippen molar-refractivity contribution in [2.75, 3.05) is 6.54 Å². The average Bonchev–Trinajstić information content (AvgIpc) is 2.72. The molecule has 0 saturated carbocycles. The number of aromatic amines is 1. The molecule has 1 amide bonds. The van der Waals surface area contributed by atoms with E-state index in [-0.39, 0.29) is 10.8 Å². The van der Waals surface area contributed by atoms with E-state index in [1.807, 2.05) is 6.92 Å². The highest BCUT2D eigenvalue weighted by atomic mass is 32.2.